The maximum Gasteiger partial charge on any atom is 0.0595 e. The van der Waals surface area contributed by atoms with Crippen LogP contribution in [0.3, 0.4) is 0 Å². The van der Waals surface area contributed by atoms with Crippen molar-refractivity contribution in [1.29, 1.82) is 0 Å². The summed E-state index contributed by atoms with van der Waals surface area (Å²) in [5.74, 6) is 0.347. The lowest BCUT2D eigenvalue weighted by Crippen LogP contribution is -2.38. The SMILES string of the molecule is CN(C)[C@H]1CCc2ccccc2[C@H]1c1ccc(Cl)c(Cl)c1. The van der Waals surface area contributed by atoms with Crippen molar-refractivity contribution >= 4 is 23.2 Å². The molecule has 0 N–H and O–H groups in total. The molecule has 0 heterocycles. The lowest BCUT2D eigenvalue weighted by atomic mass is 9.75. The minimum Gasteiger partial charge on any atom is -0.305 e. The smallest absolute Gasteiger partial charge is 0.0595 e. The summed E-state index contributed by atoms with van der Waals surface area (Å²) >= 11 is 12.3. The number of halogens is 2. The summed E-state index contributed by atoms with van der Waals surface area (Å²) in [6, 6.07) is 15.3. The van der Waals surface area contributed by atoms with Gasteiger partial charge in [0, 0.05) is 12.0 Å². The first-order valence-corrected chi connectivity index (χ1v) is 8.02. The number of benzene rings is 2. The number of hydrogen-bond acceptors (Lipinski definition) is 1. The molecule has 1 nitrogen and oxygen atoms in total. The molecule has 1 aliphatic carbocycles. The van der Waals surface area contributed by atoms with Gasteiger partial charge in [0.15, 0.2) is 0 Å². The fourth-order valence-corrected chi connectivity index (χ4v) is 3.71. The van der Waals surface area contributed by atoms with Crippen molar-refractivity contribution < 1.29 is 0 Å². The molecule has 2 aromatic rings. The van der Waals surface area contributed by atoms with Crippen LogP contribution in [0.15, 0.2) is 42.5 Å². The summed E-state index contributed by atoms with van der Waals surface area (Å²) in [6.45, 7) is 0. The Labute approximate surface area is 136 Å². The highest BCUT2D eigenvalue weighted by molar-refractivity contribution is 6.42. The van der Waals surface area contributed by atoms with E-state index in [2.05, 4.69) is 49.3 Å². The molecule has 0 aromatic heterocycles. The zero-order valence-corrected chi connectivity index (χ0v) is 13.8. The van der Waals surface area contributed by atoms with Crippen LogP contribution in [0.4, 0.5) is 0 Å². The third-order valence-electron chi connectivity index (χ3n) is 4.45. The zero-order valence-electron chi connectivity index (χ0n) is 12.3. The quantitative estimate of drug-likeness (QED) is 0.752. The highest BCUT2D eigenvalue weighted by Gasteiger charge is 2.32. The van der Waals surface area contributed by atoms with Gasteiger partial charge in [-0.05, 0) is 55.8 Å². The molecule has 2 atom stereocenters. The molecule has 0 unspecified atom stereocenters. The minimum atomic E-state index is 0.347. The Morgan fingerprint density at radius 3 is 2.48 bits per heavy atom. The largest absolute Gasteiger partial charge is 0.305 e. The third-order valence-corrected chi connectivity index (χ3v) is 5.19. The molecule has 0 amide bonds. The monoisotopic (exact) mass is 319 g/mol. The van der Waals surface area contributed by atoms with Crippen LogP contribution in [0.1, 0.15) is 29.0 Å². The van der Waals surface area contributed by atoms with Crippen molar-refractivity contribution in [3.8, 4) is 0 Å². The number of aryl methyl sites for hydroxylation is 1. The minimum absolute atomic E-state index is 0.347. The molecule has 0 saturated heterocycles. The van der Waals surface area contributed by atoms with Crippen molar-refractivity contribution in [1.82, 2.24) is 4.90 Å². The van der Waals surface area contributed by atoms with E-state index >= 15 is 0 Å². The standard InChI is InChI=1S/C18H19Cl2N/c1-21(2)17-10-8-12-5-3-4-6-14(12)18(17)13-7-9-15(19)16(20)11-13/h3-7,9,11,17-18H,8,10H2,1-2H3/t17-,18+/m0/s1. The van der Waals surface area contributed by atoms with Crippen molar-refractivity contribution in [2.45, 2.75) is 24.8 Å². The summed E-state index contributed by atoms with van der Waals surface area (Å²) in [7, 11) is 4.31. The Morgan fingerprint density at radius 2 is 1.76 bits per heavy atom. The molecule has 110 valence electrons. The molecule has 0 fully saturated rings. The third kappa shape index (κ3) is 2.83. The van der Waals surface area contributed by atoms with Crippen LogP contribution < -0.4 is 0 Å². The predicted octanol–water partition coefficient (Wildman–Crippen LogP) is 5.00. The molecule has 0 saturated carbocycles. The van der Waals surface area contributed by atoms with Gasteiger partial charge in [-0.2, -0.15) is 0 Å². The second-order valence-corrected chi connectivity index (χ2v) is 6.73. The normalized spacial score (nSPS) is 21.4. The Bertz CT molecular complexity index is 651. The summed E-state index contributed by atoms with van der Waals surface area (Å²) in [5.41, 5.74) is 4.11. The molecular weight excluding hydrogens is 301 g/mol. The highest BCUT2D eigenvalue weighted by Crippen LogP contribution is 2.40. The first-order chi connectivity index (χ1) is 10.1. The van der Waals surface area contributed by atoms with Gasteiger partial charge in [-0.25, -0.2) is 0 Å². The number of nitrogens with zero attached hydrogens (tertiary/aromatic N) is 1. The highest BCUT2D eigenvalue weighted by atomic mass is 35.5. The predicted molar refractivity (Wildman–Crippen MR) is 90.5 cm³/mol. The second-order valence-electron chi connectivity index (χ2n) is 5.92. The Balaban J connectivity index is 2.12. The lowest BCUT2D eigenvalue weighted by molar-refractivity contribution is 0.245. The summed E-state index contributed by atoms with van der Waals surface area (Å²) in [6.07, 6.45) is 2.30. The average molecular weight is 320 g/mol. The Morgan fingerprint density at radius 1 is 1.00 bits per heavy atom. The fraction of sp³-hybridized carbons (Fsp3) is 0.333. The second kappa shape index (κ2) is 6.00. The van der Waals surface area contributed by atoms with E-state index in [0.717, 1.165) is 12.8 Å². The van der Waals surface area contributed by atoms with Gasteiger partial charge in [0.2, 0.25) is 0 Å². The molecule has 3 heteroatoms. The molecule has 2 aromatic carbocycles. The van der Waals surface area contributed by atoms with Gasteiger partial charge in [0.05, 0.1) is 10.0 Å². The van der Waals surface area contributed by atoms with Gasteiger partial charge >= 0.3 is 0 Å². The van der Waals surface area contributed by atoms with Crippen molar-refractivity contribution in [3.05, 3.63) is 69.2 Å². The fourth-order valence-electron chi connectivity index (χ4n) is 3.41. The van der Waals surface area contributed by atoms with E-state index in [4.69, 9.17) is 23.2 Å². The molecule has 0 spiro atoms. The Hall–Kier alpha value is -1.02. The molecular formula is C18H19Cl2N. The summed E-state index contributed by atoms with van der Waals surface area (Å²) < 4.78 is 0. The van der Waals surface area contributed by atoms with Crippen LogP contribution >= 0.6 is 23.2 Å². The van der Waals surface area contributed by atoms with E-state index in [-0.39, 0.29) is 0 Å². The van der Waals surface area contributed by atoms with Gasteiger partial charge in [0.1, 0.15) is 0 Å². The maximum atomic E-state index is 6.24. The lowest BCUT2D eigenvalue weighted by Gasteiger charge is -2.38. The molecule has 0 radical (unpaired) electrons. The van der Waals surface area contributed by atoms with Crippen LogP contribution in [0.2, 0.25) is 10.0 Å². The van der Waals surface area contributed by atoms with E-state index in [1.165, 1.54) is 16.7 Å². The molecule has 0 aliphatic heterocycles. The van der Waals surface area contributed by atoms with E-state index in [9.17, 15) is 0 Å². The van der Waals surface area contributed by atoms with Crippen LogP contribution in [0, 0.1) is 0 Å². The van der Waals surface area contributed by atoms with Crippen LogP contribution in [0.25, 0.3) is 0 Å². The van der Waals surface area contributed by atoms with E-state index in [1.807, 2.05) is 12.1 Å². The zero-order chi connectivity index (χ0) is 15.0. The van der Waals surface area contributed by atoms with Gasteiger partial charge in [0.25, 0.3) is 0 Å². The maximum absolute atomic E-state index is 6.24. The first-order valence-electron chi connectivity index (χ1n) is 7.27. The molecule has 0 bridgehead atoms. The van der Waals surface area contributed by atoms with Gasteiger partial charge in [-0.1, -0.05) is 53.5 Å². The average Bonchev–Trinajstić information content (AvgIpc) is 2.49. The summed E-state index contributed by atoms with van der Waals surface area (Å²) in [5, 5.41) is 1.25. The Kier molecular flexibility index (Phi) is 4.26. The number of hydrogen-bond donors (Lipinski definition) is 0. The van der Waals surface area contributed by atoms with Gasteiger partial charge in [-0.3, -0.25) is 0 Å². The topological polar surface area (TPSA) is 3.24 Å². The number of likely N-dealkylation sites (N-methyl/N-ethyl adjacent to an activating group) is 1. The van der Waals surface area contributed by atoms with Gasteiger partial charge < -0.3 is 4.90 Å². The van der Waals surface area contributed by atoms with E-state index in [1.54, 1.807) is 0 Å². The molecule has 1 aliphatic rings. The summed E-state index contributed by atoms with van der Waals surface area (Å²) in [4.78, 5) is 2.32. The number of rotatable bonds is 2. The van der Waals surface area contributed by atoms with E-state index < -0.39 is 0 Å². The molecule has 3 rings (SSSR count). The van der Waals surface area contributed by atoms with Crippen LogP contribution in [-0.2, 0) is 6.42 Å². The number of fused-ring (bicyclic) bond motifs is 1. The van der Waals surface area contributed by atoms with Crippen molar-refractivity contribution in [2.24, 2.45) is 0 Å². The molecule has 21 heavy (non-hydrogen) atoms. The van der Waals surface area contributed by atoms with Crippen molar-refractivity contribution in [3.63, 3.8) is 0 Å². The first kappa shape index (κ1) is 14.9. The van der Waals surface area contributed by atoms with Crippen molar-refractivity contribution in [2.75, 3.05) is 14.1 Å². The van der Waals surface area contributed by atoms with E-state index in [0.29, 0.717) is 22.0 Å². The van der Waals surface area contributed by atoms with Crippen LogP contribution in [-0.4, -0.2) is 25.0 Å². The van der Waals surface area contributed by atoms with Gasteiger partial charge in [-0.15, -0.1) is 0 Å². The van der Waals surface area contributed by atoms with Crippen LogP contribution in [0.5, 0.6) is 0 Å².